The first-order valence-corrected chi connectivity index (χ1v) is 6.38. The van der Waals surface area contributed by atoms with Gasteiger partial charge in [-0.25, -0.2) is 4.79 Å². The molecule has 1 aromatic rings. The minimum atomic E-state index is -0.304. The largest absolute Gasteiger partial charge is 0.342 e. The monoisotopic (exact) mass is 275 g/mol. The molecule has 20 heavy (non-hydrogen) atoms. The van der Waals surface area contributed by atoms with Crippen molar-refractivity contribution >= 4 is 23.4 Å². The molecule has 0 spiro atoms. The van der Waals surface area contributed by atoms with Gasteiger partial charge in [0, 0.05) is 31.4 Å². The van der Waals surface area contributed by atoms with Gasteiger partial charge in [0.15, 0.2) is 5.78 Å². The highest BCUT2D eigenvalue weighted by Gasteiger charge is 2.24. The highest BCUT2D eigenvalue weighted by Crippen LogP contribution is 2.11. The maximum atomic E-state index is 12.0. The molecule has 1 aromatic carbocycles. The molecule has 3 amide bonds. The van der Waals surface area contributed by atoms with Crippen molar-refractivity contribution in [3.8, 4) is 0 Å². The third-order valence-electron chi connectivity index (χ3n) is 3.29. The number of carbonyl (C=O) groups excluding carboxylic acids is 3. The lowest BCUT2D eigenvalue weighted by molar-refractivity contribution is -0.133. The summed E-state index contributed by atoms with van der Waals surface area (Å²) in [6, 6.07) is 6.36. The number of Topliss-reactive ketones (excluding diaryl/α,β-unsaturated/α-hetero) is 1. The lowest BCUT2D eigenvalue weighted by atomic mass is 10.1. The van der Waals surface area contributed by atoms with Crippen LogP contribution in [0.1, 0.15) is 17.3 Å². The molecule has 6 nitrogen and oxygen atoms in total. The van der Waals surface area contributed by atoms with E-state index in [1.54, 1.807) is 36.2 Å². The second-order valence-electron chi connectivity index (χ2n) is 4.80. The normalized spacial score (nSPS) is 15.2. The van der Waals surface area contributed by atoms with Crippen molar-refractivity contribution in [2.75, 3.05) is 32.0 Å². The highest BCUT2D eigenvalue weighted by molar-refractivity contribution is 5.96. The van der Waals surface area contributed by atoms with Gasteiger partial charge in [-0.3, -0.25) is 9.59 Å². The van der Waals surface area contributed by atoms with E-state index in [4.69, 9.17) is 0 Å². The van der Waals surface area contributed by atoms with Crippen molar-refractivity contribution in [3.63, 3.8) is 0 Å². The molecule has 2 rings (SSSR count). The van der Waals surface area contributed by atoms with Crippen molar-refractivity contribution in [1.29, 1.82) is 0 Å². The van der Waals surface area contributed by atoms with Crippen molar-refractivity contribution in [3.05, 3.63) is 29.8 Å². The Hall–Kier alpha value is -2.37. The highest BCUT2D eigenvalue weighted by atomic mass is 16.2. The van der Waals surface area contributed by atoms with E-state index in [-0.39, 0.29) is 24.3 Å². The molecule has 6 heteroatoms. The first kappa shape index (κ1) is 14.0. The van der Waals surface area contributed by atoms with Gasteiger partial charge in [-0.15, -0.1) is 0 Å². The van der Waals surface area contributed by atoms with Gasteiger partial charge >= 0.3 is 6.03 Å². The summed E-state index contributed by atoms with van der Waals surface area (Å²) in [7, 11) is 1.72. The van der Waals surface area contributed by atoms with E-state index in [0.29, 0.717) is 24.3 Å². The smallest absolute Gasteiger partial charge is 0.322 e. The molecule has 1 saturated heterocycles. The van der Waals surface area contributed by atoms with Gasteiger partial charge in [-0.1, -0.05) is 0 Å². The van der Waals surface area contributed by atoms with Gasteiger partial charge in [0.25, 0.3) is 0 Å². The van der Waals surface area contributed by atoms with Gasteiger partial charge in [-0.2, -0.15) is 0 Å². The molecule has 1 N–H and O–H groups in total. The summed E-state index contributed by atoms with van der Waals surface area (Å²) in [6.45, 7) is 2.63. The van der Waals surface area contributed by atoms with Crippen LogP contribution in [0.3, 0.4) is 0 Å². The van der Waals surface area contributed by atoms with Crippen LogP contribution in [0.2, 0.25) is 0 Å². The summed E-state index contributed by atoms with van der Waals surface area (Å²) in [4.78, 5) is 37.8. The molecule has 0 atom stereocenters. The zero-order valence-corrected chi connectivity index (χ0v) is 11.5. The molecule has 1 heterocycles. The predicted molar refractivity (Wildman–Crippen MR) is 74.7 cm³/mol. The van der Waals surface area contributed by atoms with Crippen LogP contribution in [-0.4, -0.2) is 54.2 Å². The lowest BCUT2D eigenvalue weighted by Crippen LogP contribution is -2.51. The summed E-state index contributed by atoms with van der Waals surface area (Å²) >= 11 is 0. The van der Waals surface area contributed by atoms with E-state index in [2.05, 4.69) is 5.32 Å². The van der Waals surface area contributed by atoms with Crippen LogP contribution in [-0.2, 0) is 4.79 Å². The van der Waals surface area contributed by atoms with E-state index in [0.717, 1.165) is 0 Å². The number of carbonyl (C=O) groups is 3. The van der Waals surface area contributed by atoms with Crippen molar-refractivity contribution in [1.82, 2.24) is 9.80 Å². The van der Waals surface area contributed by atoms with Crippen LogP contribution in [0.4, 0.5) is 10.5 Å². The molecule has 0 bridgehead atoms. The number of hydrogen-bond donors (Lipinski definition) is 1. The third-order valence-corrected chi connectivity index (χ3v) is 3.29. The summed E-state index contributed by atoms with van der Waals surface area (Å²) in [5, 5.41) is 2.72. The molecule has 1 aliphatic heterocycles. The first-order valence-electron chi connectivity index (χ1n) is 6.38. The number of hydrogen-bond acceptors (Lipinski definition) is 3. The Kier molecular flexibility index (Phi) is 4.02. The van der Waals surface area contributed by atoms with Crippen LogP contribution in [0.25, 0.3) is 0 Å². The number of benzene rings is 1. The number of likely N-dealkylation sites (N-methyl/N-ethyl adjacent to an activating group) is 1. The number of nitrogens with one attached hydrogen (secondary N) is 1. The standard InChI is InChI=1S/C14H17N3O3/c1-10(18)11-3-5-12(6-4-11)15-14(20)17-8-7-16(2)13(19)9-17/h3-6H,7-9H2,1-2H3,(H,15,20). The summed E-state index contributed by atoms with van der Waals surface area (Å²) in [5.74, 6) is -0.0918. The predicted octanol–water partition coefficient (Wildman–Crippen LogP) is 1.20. The Labute approximate surface area is 117 Å². The maximum Gasteiger partial charge on any atom is 0.322 e. The topological polar surface area (TPSA) is 69.7 Å². The molecule has 0 aliphatic carbocycles. The van der Waals surface area contributed by atoms with Crippen LogP contribution >= 0.6 is 0 Å². The second kappa shape index (κ2) is 5.73. The SMILES string of the molecule is CC(=O)c1ccc(NC(=O)N2CCN(C)C(=O)C2)cc1. The number of rotatable bonds is 2. The number of amides is 3. The Morgan fingerprint density at radius 1 is 1.15 bits per heavy atom. The van der Waals surface area contributed by atoms with Gasteiger partial charge in [-0.05, 0) is 31.2 Å². The molecule has 106 valence electrons. The lowest BCUT2D eigenvalue weighted by Gasteiger charge is -2.31. The quantitative estimate of drug-likeness (QED) is 0.824. The Morgan fingerprint density at radius 3 is 2.35 bits per heavy atom. The average Bonchev–Trinajstić information content (AvgIpc) is 2.42. The zero-order chi connectivity index (χ0) is 14.7. The Morgan fingerprint density at radius 2 is 1.80 bits per heavy atom. The summed E-state index contributed by atoms with van der Waals surface area (Å²) in [5.41, 5.74) is 1.20. The number of urea groups is 1. The minimum absolute atomic E-state index is 0.0208. The van der Waals surface area contributed by atoms with Crippen LogP contribution in [0.5, 0.6) is 0 Å². The Balaban J connectivity index is 1.97. The molecule has 0 unspecified atom stereocenters. The van der Waals surface area contributed by atoms with Crippen LogP contribution < -0.4 is 5.32 Å². The summed E-state index contributed by atoms with van der Waals surface area (Å²) < 4.78 is 0. The molecular weight excluding hydrogens is 258 g/mol. The molecule has 1 fully saturated rings. The summed E-state index contributed by atoms with van der Waals surface area (Å²) in [6.07, 6.45) is 0. The van der Waals surface area contributed by atoms with Gasteiger partial charge < -0.3 is 15.1 Å². The maximum absolute atomic E-state index is 12.0. The molecule has 0 radical (unpaired) electrons. The number of piperazine rings is 1. The molecule has 1 aliphatic rings. The van der Waals surface area contributed by atoms with Crippen LogP contribution in [0, 0.1) is 0 Å². The van der Waals surface area contributed by atoms with Crippen molar-refractivity contribution in [2.45, 2.75) is 6.92 Å². The number of anilines is 1. The van der Waals surface area contributed by atoms with Crippen LogP contribution in [0.15, 0.2) is 24.3 Å². The molecule has 0 aromatic heterocycles. The van der Waals surface area contributed by atoms with Crippen molar-refractivity contribution < 1.29 is 14.4 Å². The minimum Gasteiger partial charge on any atom is -0.342 e. The fraction of sp³-hybridized carbons (Fsp3) is 0.357. The average molecular weight is 275 g/mol. The third kappa shape index (κ3) is 3.14. The van der Waals surface area contributed by atoms with E-state index in [1.165, 1.54) is 11.8 Å². The van der Waals surface area contributed by atoms with E-state index in [9.17, 15) is 14.4 Å². The van der Waals surface area contributed by atoms with E-state index >= 15 is 0 Å². The van der Waals surface area contributed by atoms with E-state index in [1.807, 2.05) is 0 Å². The fourth-order valence-electron chi connectivity index (χ4n) is 1.92. The van der Waals surface area contributed by atoms with Gasteiger partial charge in [0.05, 0.1) is 0 Å². The molecule has 0 saturated carbocycles. The van der Waals surface area contributed by atoms with Gasteiger partial charge in [0.1, 0.15) is 6.54 Å². The Bertz CT molecular complexity index is 539. The first-order chi connectivity index (χ1) is 9.47. The van der Waals surface area contributed by atoms with Gasteiger partial charge in [0.2, 0.25) is 5.91 Å². The van der Waals surface area contributed by atoms with E-state index < -0.39 is 0 Å². The fourth-order valence-corrected chi connectivity index (χ4v) is 1.92. The molecular formula is C14H17N3O3. The second-order valence-corrected chi connectivity index (χ2v) is 4.80. The number of nitrogens with zero attached hydrogens (tertiary/aromatic N) is 2. The number of ketones is 1. The zero-order valence-electron chi connectivity index (χ0n) is 11.5. The van der Waals surface area contributed by atoms with Crippen molar-refractivity contribution in [2.24, 2.45) is 0 Å².